The highest BCUT2D eigenvalue weighted by Crippen LogP contribution is 2.29. The predicted molar refractivity (Wildman–Crippen MR) is 104 cm³/mol. The summed E-state index contributed by atoms with van der Waals surface area (Å²) in [5.41, 5.74) is 1.26. The summed E-state index contributed by atoms with van der Waals surface area (Å²) in [6, 6.07) is 11.7. The van der Waals surface area contributed by atoms with Crippen LogP contribution in [-0.2, 0) is 13.1 Å². The average molecular weight is 367 g/mol. The predicted octanol–water partition coefficient (Wildman–Crippen LogP) is 4.73. The first-order valence-electron chi connectivity index (χ1n) is 9.69. The molecule has 1 fully saturated rings. The molecule has 0 radical (unpaired) electrons. The van der Waals surface area contributed by atoms with Gasteiger partial charge in [0.05, 0.1) is 19.4 Å². The van der Waals surface area contributed by atoms with Gasteiger partial charge in [-0.2, -0.15) is 0 Å². The minimum absolute atomic E-state index is 0.314. The summed E-state index contributed by atoms with van der Waals surface area (Å²) in [7, 11) is 0. The fourth-order valence-corrected chi connectivity index (χ4v) is 4.00. The molecule has 0 atom stereocenters. The monoisotopic (exact) mass is 367 g/mol. The van der Waals surface area contributed by atoms with Gasteiger partial charge in [0, 0.05) is 24.0 Å². The Hall–Kier alpha value is -2.53. The lowest BCUT2D eigenvalue weighted by Crippen LogP contribution is -2.32. The number of furan rings is 1. The van der Waals surface area contributed by atoms with E-state index in [0.717, 1.165) is 29.0 Å². The van der Waals surface area contributed by atoms with Crippen LogP contribution in [0.5, 0.6) is 5.75 Å². The Kier molecular flexibility index (Phi) is 5.30. The molecule has 142 valence electrons. The van der Waals surface area contributed by atoms with Crippen molar-refractivity contribution >= 4 is 11.0 Å². The Labute approximate surface area is 158 Å². The van der Waals surface area contributed by atoms with Crippen molar-refractivity contribution < 1.29 is 13.6 Å². The summed E-state index contributed by atoms with van der Waals surface area (Å²) in [5, 5.41) is 0.933. The number of rotatable bonds is 7. The SMILES string of the molecule is CCOc1ccc2oc(=O)cc(CN(Cc3ccco3)C3CCCC3)c2c1. The summed E-state index contributed by atoms with van der Waals surface area (Å²) >= 11 is 0. The zero-order valence-electron chi connectivity index (χ0n) is 15.6. The molecule has 4 rings (SSSR count). The average Bonchev–Trinajstić information content (AvgIpc) is 3.35. The summed E-state index contributed by atoms with van der Waals surface area (Å²) in [6.07, 6.45) is 6.59. The maximum Gasteiger partial charge on any atom is 0.336 e. The Morgan fingerprint density at radius 2 is 2.00 bits per heavy atom. The molecule has 5 heteroatoms. The van der Waals surface area contributed by atoms with E-state index >= 15 is 0 Å². The molecule has 1 aliphatic rings. The van der Waals surface area contributed by atoms with E-state index in [0.29, 0.717) is 24.8 Å². The van der Waals surface area contributed by atoms with Gasteiger partial charge in [-0.15, -0.1) is 0 Å². The number of hydrogen-bond acceptors (Lipinski definition) is 5. The van der Waals surface area contributed by atoms with Crippen LogP contribution in [-0.4, -0.2) is 17.5 Å². The lowest BCUT2D eigenvalue weighted by Gasteiger charge is -2.28. The molecule has 1 aromatic carbocycles. The maximum atomic E-state index is 12.1. The zero-order valence-corrected chi connectivity index (χ0v) is 15.6. The van der Waals surface area contributed by atoms with Crippen molar-refractivity contribution in [2.75, 3.05) is 6.61 Å². The minimum Gasteiger partial charge on any atom is -0.494 e. The van der Waals surface area contributed by atoms with E-state index in [4.69, 9.17) is 13.6 Å². The summed E-state index contributed by atoms with van der Waals surface area (Å²) in [4.78, 5) is 14.5. The number of fused-ring (bicyclic) bond motifs is 1. The van der Waals surface area contributed by atoms with Crippen LogP contribution in [0.15, 0.2) is 56.3 Å². The molecule has 0 saturated heterocycles. The van der Waals surface area contributed by atoms with Crippen molar-refractivity contribution in [3.63, 3.8) is 0 Å². The van der Waals surface area contributed by atoms with Gasteiger partial charge in [0.2, 0.25) is 0 Å². The molecule has 0 amide bonds. The lowest BCUT2D eigenvalue weighted by molar-refractivity contribution is 0.167. The van der Waals surface area contributed by atoms with Crippen LogP contribution in [0, 0.1) is 0 Å². The second-order valence-corrected chi connectivity index (χ2v) is 7.10. The van der Waals surface area contributed by atoms with Gasteiger partial charge in [-0.25, -0.2) is 4.79 Å². The highest BCUT2D eigenvalue weighted by molar-refractivity contribution is 5.81. The second kappa shape index (κ2) is 8.01. The molecule has 0 unspecified atom stereocenters. The molecule has 5 nitrogen and oxygen atoms in total. The third kappa shape index (κ3) is 4.08. The standard InChI is InChI=1S/C22H25NO4/c1-2-25-18-9-10-21-20(13-18)16(12-22(24)27-21)14-23(17-6-3-4-7-17)15-19-8-5-11-26-19/h5,8-13,17H,2-4,6-7,14-15H2,1H3. The lowest BCUT2D eigenvalue weighted by atomic mass is 10.1. The number of benzene rings is 1. The van der Waals surface area contributed by atoms with E-state index in [1.165, 1.54) is 25.7 Å². The van der Waals surface area contributed by atoms with E-state index in [1.807, 2.05) is 37.3 Å². The van der Waals surface area contributed by atoms with Gasteiger partial charge in [-0.05, 0) is 55.7 Å². The Balaban J connectivity index is 1.69. The topological polar surface area (TPSA) is 55.8 Å². The van der Waals surface area contributed by atoms with Crippen LogP contribution < -0.4 is 10.4 Å². The summed E-state index contributed by atoms with van der Waals surface area (Å²) < 4.78 is 16.6. The molecule has 27 heavy (non-hydrogen) atoms. The van der Waals surface area contributed by atoms with Crippen molar-refractivity contribution in [2.45, 2.75) is 51.7 Å². The first-order chi connectivity index (χ1) is 13.2. The second-order valence-electron chi connectivity index (χ2n) is 7.10. The van der Waals surface area contributed by atoms with E-state index < -0.39 is 0 Å². The number of nitrogens with zero attached hydrogens (tertiary/aromatic N) is 1. The van der Waals surface area contributed by atoms with Crippen molar-refractivity contribution in [1.82, 2.24) is 4.90 Å². The van der Waals surface area contributed by atoms with Gasteiger partial charge < -0.3 is 13.6 Å². The van der Waals surface area contributed by atoms with Gasteiger partial charge in [-0.1, -0.05) is 12.8 Å². The van der Waals surface area contributed by atoms with E-state index in [1.54, 1.807) is 12.3 Å². The minimum atomic E-state index is -0.314. The molecule has 2 heterocycles. The highest BCUT2D eigenvalue weighted by Gasteiger charge is 2.24. The van der Waals surface area contributed by atoms with Crippen molar-refractivity contribution in [3.8, 4) is 5.75 Å². The largest absolute Gasteiger partial charge is 0.494 e. The molecular formula is C22H25NO4. The van der Waals surface area contributed by atoms with Crippen LogP contribution >= 0.6 is 0 Å². The summed E-state index contributed by atoms with van der Waals surface area (Å²) in [5.74, 6) is 1.74. The molecule has 1 saturated carbocycles. The fraction of sp³-hybridized carbons (Fsp3) is 0.409. The Morgan fingerprint density at radius 1 is 1.15 bits per heavy atom. The van der Waals surface area contributed by atoms with Gasteiger partial charge in [0.25, 0.3) is 0 Å². The van der Waals surface area contributed by atoms with Crippen molar-refractivity contribution in [2.24, 2.45) is 0 Å². The Morgan fingerprint density at radius 3 is 2.74 bits per heavy atom. The van der Waals surface area contributed by atoms with Crippen LogP contribution in [0.25, 0.3) is 11.0 Å². The van der Waals surface area contributed by atoms with Gasteiger partial charge in [-0.3, -0.25) is 4.90 Å². The molecule has 0 bridgehead atoms. The van der Waals surface area contributed by atoms with E-state index in [2.05, 4.69) is 4.90 Å². The molecular weight excluding hydrogens is 342 g/mol. The van der Waals surface area contributed by atoms with E-state index in [-0.39, 0.29) is 5.63 Å². The van der Waals surface area contributed by atoms with Crippen LogP contribution in [0.3, 0.4) is 0 Å². The van der Waals surface area contributed by atoms with Crippen LogP contribution in [0.4, 0.5) is 0 Å². The highest BCUT2D eigenvalue weighted by atomic mass is 16.5. The zero-order chi connectivity index (χ0) is 18.6. The molecule has 0 aliphatic heterocycles. The number of hydrogen-bond donors (Lipinski definition) is 0. The number of ether oxygens (including phenoxy) is 1. The van der Waals surface area contributed by atoms with Gasteiger partial charge in [0.15, 0.2) is 0 Å². The molecule has 1 aliphatic carbocycles. The first-order valence-corrected chi connectivity index (χ1v) is 9.69. The molecule has 0 spiro atoms. The quantitative estimate of drug-likeness (QED) is 0.565. The Bertz CT molecular complexity index is 939. The van der Waals surface area contributed by atoms with Crippen molar-refractivity contribution in [1.29, 1.82) is 0 Å². The normalized spacial score (nSPS) is 15.0. The van der Waals surface area contributed by atoms with Gasteiger partial charge in [0.1, 0.15) is 17.1 Å². The summed E-state index contributed by atoms with van der Waals surface area (Å²) in [6.45, 7) is 3.99. The van der Waals surface area contributed by atoms with Crippen LogP contribution in [0.2, 0.25) is 0 Å². The first kappa shape index (κ1) is 17.9. The van der Waals surface area contributed by atoms with Crippen LogP contribution in [0.1, 0.15) is 43.9 Å². The third-order valence-corrected chi connectivity index (χ3v) is 5.26. The maximum absolute atomic E-state index is 12.1. The third-order valence-electron chi connectivity index (χ3n) is 5.26. The molecule has 2 aromatic heterocycles. The molecule has 0 N–H and O–H groups in total. The van der Waals surface area contributed by atoms with Gasteiger partial charge >= 0.3 is 5.63 Å². The smallest absolute Gasteiger partial charge is 0.336 e. The fourth-order valence-electron chi connectivity index (χ4n) is 4.00. The van der Waals surface area contributed by atoms with Crippen molar-refractivity contribution in [3.05, 3.63) is 64.4 Å². The molecule has 3 aromatic rings. The van der Waals surface area contributed by atoms with E-state index in [9.17, 15) is 4.79 Å².